The van der Waals surface area contributed by atoms with Gasteiger partial charge < -0.3 is 5.32 Å². The summed E-state index contributed by atoms with van der Waals surface area (Å²) < 4.78 is 3.51. The molecule has 2 saturated carbocycles. The fourth-order valence-corrected chi connectivity index (χ4v) is 4.16. The molecule has 3 aromatic rings. The predicted molar refractivity (Wildman–Crippen MR) is 106 cm³/mol. The molecule has 0 saturated heterocycles. The first-order chi connectivity index (χ1) is 13.6. The van der Waals surface area contributed by atoms with Gasteiger partial charge in [-0.15, -0.1) is 0 Å². The fourth-order valence-electron chi connectivity index (χ4n) is 4.16. The van der Waals surface area contributed by atoms with Crippen molar-refractivity contribution in [1.82, 2.24) is 29.4 Å². The second-order valence-electron chi connectivity index (χ2n) is 8.11. The van der Waals surface area contributed by atoms with Crippen molar-refractivity contribution in [3.05, 3.63) is 45.8 Å². The number of hydrogen-bond acceptors (Lipinski definition) is 6. The number of aromatic nitrogens is 6. The molecule has 8 heteroatoms. The number of nitrogens with one attached hydrogen (secondary N) is 1. The lowest BCUT2D eigenvalue weighted by Crippen LogP contribution is -2.34. The fraction of sp³-hybridized carbons (Fsp3) is 0.550. The molecule has 0 unspecified atom stereocenters. The highest BCUT2D eigenvalue weighted by molar-refractivity contribution is 5.52. The van der Waals surface area contributed by atoms with Crippen molar-refractivity contribution < 1.29 is 0 Å². The van der Waals surface area contributed by atoms with E-state index in [1.807, 2.05) is 13.0 Å². The van der Waals surface area contributed by atoms with Crippen LogP contribution in [0.15, 0.2) is 23.3 Å². The van der Waals surface area contributed by atoms with Gasteiger partial charge in [0.1, 0.15) is 12.1 Å². The third-order valence-electron chi connectivity index (χ3n) is 6.13. The van der Waals surface area contributed by atoms with E-state index in [1.165, 1.54) is 19.2 Å². The van der Waals surface area contributed by atoms with E-state index in [0.29, 0.717) is 17.7 Å². The second-order valence-corrected chi connectivity index (χ2v) is 8.11. The van der Waals surface area contributed by atoms with Crippen molar-refractivity contribution >= 4 is 11.6 Å². The first-order valence-electron chi connectivity index (χ1n) is 10.1. The first kappa shape index (κ1) is 17.3. The molecule has 0 atom stereocenters. The number of nitrogens with zero attached hydrogens (tertiary/aromatic N) is 6. The molecule has 146 valence electrons. The largest absolute Gasteiger partial charge is 0.367 e. The molecule has 28 heavy (non-hydrogen) atoms. The summed E-state index contributed by atoms with van der Waals surface area (Å²) in [6.07, 6.45) is 7.80. The van der Waals surface area contributed by atoms with Gasteiger partial charge >= 0.3 is 0 Å². The Bertz CT molecular complexity index is 1070. The van der Waals surface area contributed by atoms with E-state index in [9.17, 15) is 4.79 Å². The quantitative estimate of drug-likeness (QED) is 0.750. The average molecular weight is 379 g/mol. The van der Waals surface area contributed by atoms with Gasteiger partial charge in [0.2, 0.25) is 0 Å². The summed E-state index contributed by atoms with van der Waals surface area (Å²) in [6.45, 7) is 4.06. The Balaban J connectivity index is 1.32. The standard InChI is InChI=1S/C20H25N7O/c1-12-13(2)23-20-21-11-22-27(20)19(12)24-15-5-7-16(8-6-15)26-18(28)10-9-17(25-26)14-3-4-14/h9-11,14-16,24H,3-8H2,1-2H3. The molecule has 2 fully saturated rings. The minimum atomic E-state index is 0.0192. The van der Waals surface area contributed by atoms with E-state index in [1.54, 1.807) is 15.3 Å². The maximum Gasteiger partial charge on any atom is 0.267 e. The number of anilines is 1. The van der Waals surface area contributed by atoms with E-state index in [4.69, 9.17) is 0 Å². The van der Waals surface area contributed by atoms with Gasteiger partial charge in [0.25, 0.3) is 11.3 Å². The van der Waals surface area contributed by atoms with Crippen LogP contribution in [0.2, 0.25) is 0 Å². The van der Waals surface area contributed by atoms with Crippen molar-refractivity contribution in [3.63, 3.8) is 0 Å². The number of hydrogen-bond donors (Lipinski definition) is 1. The molecule has 2 aliphatic rings. The van der Waals surface area contributed by atoms with Gasteiger partial charge in [-0.3, -0.25) is 4.79 Å². The average Bonchev–Trinajstić information content (AvgIpc) is 3.45. The van der Waals surface area contributed by atoms with Crippen molar-refractivity contribution in [2.45, 2.75) is 70.4 Å². The number of aryl methyl sites for hydroxylation is 1. The van der Waals surface area contributed by atoms with Crippen molar-refractivity contribution in [1.29, 1.82) is 0 Å². The summed E-state index contributed by atoms with van der Waals surface area (Å²) in [4.78, 5) is 21.0. The van der Waals surface area contributed by atoms with Crippen molar-refractivity contribution in [2.75, 3.05) is 5.32 Å². The molecular formula is C20H25N7O. The van der Waals surface area contributed by atoms with Gasteiger partial charge in [-0.1, -0.05) is 0 Å². The van der Waals surface area contributed by atoms with Crippen LogP contribution >= 0.6 is 0 Å². The van der Waals surface area contributed by atoms with Crippen LogP contribution in [0, 0.1) is 13.8 Å². The Morgan fingerprint density at radius 1 is 1.07 bits per heavy atom. The SMILES string of the molecule is Cc1nc2ncnn2c(NC2CCC(n3nc(C4CC4)ccc3=O)CC2)c1C. The first-order valence-corrected chi connectivity index (χ1v) is 10.1. The molecule has 0 amide bonds. The van der Waals surface area contributed by atoms with Crippen LogP contribution < -0.4 is 10.9 Å². The Hall–Kier alpha value is -2.77. The summed E-state index contributed by atoms with van der Waals surface area (Å²) >= 11 is 0. The molecule has 8 nitrogen and oxygen atoms in total. The molecule has 1 N–H and O–H groups in total. The van der Waals surface area contributed by atoms with Crippen LogP contribution in [0.4, 0.5) is 5.82 Å². The summed E-state index contributed by atoms with van der Waals surface area (Å²) in [7, 11) is 0. The lowest BCUT2D eigenvalue weighted by molar-refractivity contribution is 0.301. The smallest absolute Gasteiger partial charge is 0.267 e. The summed E-state index contributed by atoms with van der Waals surface area (Å²) in [6, 6.07) is 4.12. The Kier molecular flexibility index (Phi) is 4.14. The van der Waals surface area contributed by atoms with Gasteiger partial charge in [-0.25, -0.2) is 9.67 Å². The molecule has 0 spiro atoms. The molecule has 3 heterocycles. The molecule has 3 aromatic heterocycles. The highest BCUT2D eigenvalue weighted by Gasteiger charge is 2.28. The highest BCUT2D eigenvalue weighted by Crippen LogP contribution is 2.39. The molecule has 2 aliphatic carbocycles. The topological polar surface area (TPSA) is 90.0 Å². The zero-order chi connectivity index (χ0) is 19.3. The van der Waals surface area contributed by atoms with E-state index < -0.39 is 0 Å². The molecule has 0 aliphatic heterocycles. The second kappa shape index (κ2) is 6.68. The maximum atomic E-state index is 12.3. The third-order valence-corrected chi connectivity index (χ3v) is 6.13. The van der Waals surface area contributed by atoms with Crippen molar-refractivity contribution in [2.24, 2.45) is 0 Å². The normalized spacial score (nSPS) is 22.5. The zero-order valence-electron chi connectivity index (χ0n) is 16.3. The van der Waals surface area contributed by atoms with Gasteiger partial charge in [0.05, 0.1) is 11.7 Å². The maximum absolute atomic E-state index is 12.3. The number of rotatable bonds is 4. The van der Waals surface area contributed by atoms with Gasteiger partial charge in [0, 0.05) is 29.3 Å². The van der Waals surface area contributed by atoms with E-state index in [2.05, 4.69) is 32.4 Å². The molecule has 0 radical (unpaired) electrons. The monoisotopic (exact) mass is 379 g/mol. The van der Waals surface area contributed by atoms with Crippen LogP contribution in [-0.4, -0.2) is 35.4 Å². The minimum Gasteiger partial charge on any atom is -0.367 e. The van der Waals surface area contributed by atoms with Gasteiger partial charge in [-0.2, -0.15) is 19.7 Å². The number of fused-ring (bicyclic) bond motifs is 1. The van der Waals surface area contributed by atoms with E-state index in [-0.39, 0.29) is 11.6 Å². The lowest BCUT2D eigenvalue weighted by atomic mass is 9.91. The van der Waals surface area contributed by atoms with E-state index >= 15 is 0 Å². The van der Waals surface area contributed by atoms with E-state index in [0.717, 1.165) is 48.5 Å². The highest BCUT2D eigenvalue weighted by atomic mass is 16.1. The summed E-state index contributed by atoms with van der Waals surface area (Å²) in [5.41, 5.74) is 3.15. The van der Waals surface area contributed by atoms with Crippen LogP contribution in [0.3, 0.4) is 0 Å². The van der Waals surface area contributed by atoms with Crippen LogP contribution in [0.25, 0.3) is 5.78 Å². The van der Waals surface area contributed by atoms with Crippen LogP contribution in [0.5, 0.6) is 0 Å². The lowest BCUT2D eigenvalue weighted by Gasteiger charge is -2.30. The van der Waals surface area contributed by atoms with Gasteiger partial charge in [0.15, 0.2) is 0 Å². The molecular weight excluding hydrogens is 354 g/mol. The molecule has 5 rings (SSSR count). The van der Waals surface area contributed by atoms with Crippen LogP contribution in [0.1, 0.15) is 67.4 Å². The van der Waals surface area contributed by atoms with Crippen LogP contribution in [-0.2, 0) is 0 Å². The Labute approximate surface area is 163 Å². The summed E-state index contributed by atoms with van der Waals surface area (Å²) in [5.74, 6) is 2.15. The zero-order valence-corrected chi connectivity index (χ0v) is 16.3. The minimum absolute atomic E-state index is 0.0192. The Morgan fingerprint density at radius 2 is 1.86 bits per heavy atom. The molecule has 0 aromatic carbocycles. The predicted octanol–water partition coefficient (Wildman–Crippen LogP) is 2.77. The molecule has 0 bridgehead atoms. The third kappa shape index (κ3) is 3.06. The van der Waals surface area contributed by atoms with Crippen molar-refractivity contribution in [3.8, 4) is 0 Å². The summed E-state index contributed by atoms with van der Waals surface area (Å²) in [5, 5.41) is 12.7. The van der Waals surface area contributed by atoms with Gasteiger partial charge in [-0.05, 0) is 58.4 Å². The Morgan fingerprint density at radius 3 is 2.61 bits per heavy atom.